The summed E-state index contributed by atoms with van der Waals surface area (Å²) in [6.45, 7) is 2.12. The van der Waals surface area contributed by atoms with E-state index < -0.39 is 0 Å². The molecule has 0 heterocycles. The van der Waals surface area contributed by atoms with Crippen molar-refractivity contribution >= 4 is 17.7 Å². The number of carbonyl (C=O) groups is 1. The van der Waals surface area contributed by atoms with Crippen molar-refractivity contribution in [1.29, 1.82) is 0 Å². The van der Waals surface area contributed by atoms with Gasteiger partial charge >= 0.3 is 0 Å². The topological polar surface area (TPSA) is 29.1 Å². The molecule has 0 unspecified atom stereocenters. The maximum atomic E-state index is 11.5. The molecule has 1 aliphatic rings. The maximum absolute atomic E-state index is 11.5. The van der Waals surface area contributed by atoms with Crippen LogP contribution in [-0.4, -0.2) is 23.5 Å². The lowest BCUT2D eigenvalue weighted by atomic mass is 9.95. The van der Waals surface area contributed by atoms with Crippen LogP contribution in [-0.2, 0) is 4.79 Å². The van der Waals surface area contributed by atoms with E-state index in [1.165, 1.54) is 25.7 Å². The Bertz CT molecular complexity index is 196. The van der Waals surface area contributed by atoms with E-state index in [-0.39, 0.29) is 5.91 Å². The van der Waals surface area contributed by atoms with E-state index in [2.05, 4.69) is 18.5 Å². The zero-order valence-corrected chi connectivity index (χ0v) is 10.7. The molecule has 0 radical (unpaired) electrons. The highest BCUT2D eigenvalue weighted by atomic mass is 32.2. The van der Waals surface area contributed by atoms with Gasteiger partial charge < -0.3 is 5.32 Å². The summed E-state index contributed by atoms with van der Waals surface area (Å²) in [5, 5.41) is 3.93. The Morgan fingerprint density at radius 2 is 2.27 bits per heavy atom. The lowest BCUT2D eigenvalue weighted by molar-refractivity contribution is -0.122. The van der Waals surface area contributed by atoms with Gasteiger partial charge in [-0.2, -0.15) is 11.8 Å². The largest absolute Gasteiger partial charge is 0.353 e. The SMILES string of the molecule is CCCCC(=O)N[C@H]1CCC[C@@H](SC)C1. The third-order valence-corrected chi connectivity index (χ3v) is 4.18. The lowest BCUT2D eigenvalue weighted by Crippen LogP contribution is -2.38. The average molecular weight is 229 g/mol. The molecular weight excluding hydrogens is 206 g/mol. The van der Waals surface area contributed by atoms with E-state index >= 15 is 0 Å². The van der Waals surface area contributed by atoms with Gasteiger partial charge in [-0.3, -0.25) is 4.79 Å². The Hall–Kier alpha value is -0.180. The average Bonchev–Trinajstić information content (AvgIpc) is 2.26. The van der Waals surface area contributed by atoms with Crippen molar-refractivity contribution in [2.75, 3.05) is 6.26 Å². The van der Waals surface area contributed by atoms with Crippen LogP contribution in [0, 0.1) is 0 Å². The fourth-order valence-corrected chi connectivity index (χ4v) is 2.95. The minimum Gasteiger partial charge on any atom is -0.353 e. The molecule has 0 bridgehead atoms. The molecule has 0 spiro atoms. The second-order valence-electron chi connectivity index (χ2n) is 4.39. The smallest absolute Gasteiger partial charge is 0.220 e. The summed E-state index contributed by atoms with van der Waals surface area (Å²) in [4.78, 5) is 11.5. The molecule has 2 nitrogen and oxygen atoms in total. The van der Waals surface area contributed by atoms with Gasteiger partial charge in [-0.15, -0.1) is 0 Å². The van der Waals surface area contributed by atoms with Crippen LogP contribution in [0.1, 0.15) is 51.9 Å². The number of carbonyl (C=O) groups excluding carboxylic acids is 1. The number of nitrogens with one attached hydrogen (secondary N) is 1. The van der Waals surface area contributed by atoms with Crippen molar-refractivity contribution in [3.8, 4) is 0 Å². The first-order valence-electron chi connectivity index (χ1n) is 6.08. The van der Waals surface area contributed by atoms with Gasteiger partial charge in [0.15, 0.2) is 0 Å². The van der Waals surface area contributed by atoms with Gasteiger partial charge in [0.25, 0.3) is 0 Å². The minimum absolute atomic E-state index is 0.253. The maximum Gasteiger partial charge on any atom is 0.220 e. The van der Waals surface area contributed by atoms with Gasteiger partial charge in [0.05, 0.1) is 0 Å². The molecule has 0 aromatic heterocycles. The second kappa shape index (κ2) is 7.15. The molecule has 15 heavy (non-hydrogen) atoms. The Kier molecular flexibility index (Phi) is 6.15. The van der Waals surface area contributed by atoms with Crippen LogP contribution < -0.4 is 5.32 Å². The summed E-state index contributed by atoms with van der Waals surface area (Å²) in [5.74, 6) is 0.253. The molecule has 1 fully saturated rings. The standard InChI is InChI=1S/C12H23NOS/c1-3-4-8-12(14)13-10-6-5-7-11(9-10)15-2/h10-11H,3-9H2,1-2H3,(H,13,14)/t10-,11+/m0/s1. The van der Waals surface area contributed by atoms with Gasteiger partial charge in [0, 0.05) is 17.7 Å². The Labute approximate surface area is 97.6 Å². The second-order valence-corrected chi connectivity index (χ2v) is 5.53. The first-order chi connectivity index (χ1) is 7.26. The van der Waals surface area contributed by atoms with Gasteiger partial charge in [-0.25, -0.2) is 0 Å². The summed E-state index contributed by atoms with van der Waals surface area (Å²) in [6.07, 6.45) is 9.93. The molecule has 0 aromatic rings. The highest BCUT2D eigenvalue weighted by Crippen LogP contribution is 2.26. The quantitative estimate of drug-likeness (QED) is 0.785. The fourth-order valence-electron chi connectivity index (χ4n) is 2.13. The van der Waals surface area contributed by atoms with Crippen LogP contribution in [0.25, 0.3) is 0 Å². The molecule has 2 atom stereocenters. The number of thioether (sulfide) groups is 1. The molecule has 0 saturated heterocycles. The Morgan fingerprint density at radius 1 is 1.47 bits per heavy atom. The summed E-state index contributed by atoms with van der Waals surface area (Å²) in [7, 11) is 0. The minimum atomic E-state index is 0.253. The van der Waals surface area contributed by atoms with E-state index in [1.807, 2.05) is 11.8 Å². The Balaban J connectivity index is 2.22. The molecule has 1 amide bonds. The van der Waals surface area contributed by atoms with E-state index in [0.29, 0.717) is 12.5 Å². The van der Waals surface area contributed by atoms with Gasteiger partial charge in [-0.05, 0) is 31.9 Å². The van der Waals surface area contributed by atoms with Crippen LogP contribution in [0.3, 0.4) is 0 Å². The van der Waals surface area contributed by atoms with Crippen molar-refractivity contribution in [3.63, 3.8) is 0 Å². The number of amides is 1. The van der Waals surface area contributed by atoms with Crippen LogP contribution in [0.2, 0.25) is 0 Å². The van der Waals surface area contributed by atoms with Crippen LogP contribution >= 0.6 is 11.8 Å². The Morgan fingerprint density at radius 3 is 2.93 bits per heavy atom. The molecule has 1 N–H and O–H groups in total. The molecule has 0 aliphatic heterocycles. The fraction of sp³-hybridized carbons (Fsp3) is 0.917. The zero-order valence-electron chi connectivity index (χ0n) is 9.92. The van der Waals surface area contributed by atoms with Crippen LogP contribution in [0.5, 0.6) is 0 Å². The van der Waals surface area contributed by atoms with Crippen molar-refractivity contribution in [3.05, 3.63) is 0 Å². The van der Waals surface area contributed by atoms with E-state index in [4.69, 9.17) is 0 Å². The molecule has 1 saturated carbocycles. The molecule has 3 heteroatoms. The summed E-state index contributed by atoms with van der Waals surface area (Å²) in [6, 6.07) is 0.445. The third kappa shape index (κ3) is 4.92. The molecule has 1 aliphatic carbocycles. The monoisotopic (exact) mass is 229 g/mol. The highest BCUT2D eigenvalue weighted by molar-refractivity contribution is 7.99. The normalized spacial score (nSPS) is 26.3. The van der Waals surface area contributed by atoms with Gasteiger partial charge in [0.1, 0.15) is 0 Å². The first kappa shape index (κ1) is 12.9. The summed E-state index contributed by atoms with van der Waals surface area (Å²) < 4.78 is 0. The number of unbranched alkanes of at least 4 members (excludes halogenated alkanes) is 1. The number of hydrogen-bond donors (Lipinski definition) is 1. The number of rotatable bonds is 5. The predicted molar refractivity (Wildman–Crippen MR) is 67.2 cm³/mol. The molecule has 0 aromatic carbocycles. The van der Waals surface area contributed by atoms with Gasteiger partial charge in [0.2, 0.25) is 5.91 Å². The first-order valence-corrected chi connectivity index (χ1v) is 7.37. The summed E-state index contributed by atoms with van der Waals surface area (Å²) in [5.41, 5.74) is 0. The predicted octanol–water partition coefficient (Wildman–Crippen LogP) is 2.97. The van der Waals surface area contributed by atoms with E-state index in [0.717, 1.165) is 18.1 Å². The molecule has 1 rings (SSSR count). The van der Waals surface area contributed by atoms with Crippen LogP contribution in [0.4, 0.5) is 0 Å². The number of hydrogen-bond acceptors (Lipinski definition) is 2. The van der Waals surface area contributed by atoms with Crippen molar-refractivity contribution < 1.29 is 4.79 Å². The van der Waals surface area contributed by atoms with Crippen molar-refractivity contribution in [2.24, 2.45) is 0 Å². The lowest BCUT2D eigenvalue weighted by Gasteiger charge is -2.28. The highest BCUT2D eigenvalue weighted by Gasteiger charge is 2.22. The third-order valence-electron chi connectivity index (χ3n) is 3.08. The summed E-state index contributed by atoms with van der Waals surface area (Å²) >= 11 is 1.94. The van der Waals surface area contributed by atoms with E-state index in [1.54, 1.807) is 0 Å². The van der Waals surface area contributed by atoms with Crippen molar-refractivity contribution in [1.82, 2.24) is 5.32 Å². The zero-order chi connectivity index (χ0) is 11.1. The molecule has 88 valence electrons. The van der Waals surface area contributed by atoms with Crippen LogP contribution in [0.15, 0.2) is 0 Å². The van der Waals surface area contributed by atoms with Gasteiger partial charge in [-0.1, -0.05) is 19.8 Å². The van der Waals surface area contributed by atoms with Crippen molar-refractivity contribution in [2.45, 2.75) is 63.2 Å². The molecular formula is C12H23NOS. The van der Waals surface area contributed by atoms with E-state index in [9.17, 15) is 4.79 Å².